The van der Waals surface area contributed by atoms with Crippen molar-refractivity contribution in [3.63, 3.8) is 0 Å². The van der Waals surface area contributed by atoms with Crippen molar-refractivity contribution in [2.24, 2.45) is 0 Å². The van der Waals surface area contributed by atoms with Crippen LogP contribution < -0.4 is 10.2 Å². The van der Waals surface area contributed by atoms with Crippen molar-refractivity contribution < 1.29 is 13.6 Å². The molecular formula is C24H21FN4O2. The third kappa shape index (κ3) is 4.78. The molecule has 6 nitrogen and oxygen atoms in total. The second kappa shape index (κ2) is 8.79. The van der Waals surface area contributed by atoms with Gasteiger partial charge in [-0.15, -0.1) is 0 Å². The Morgan fingerprint density at radius 1 is 1.10 bits per heavy atom. The minimum atomic E-state index is -0.363. The van der Waals surface area contributed by atoms with Crippen LogP contribution in [0.4, 0.5) is 21.8 Å². The Morgan fingerprint density at radius 3 is 2.58 bits per heavy atom. The number of rotatable bonds is 7. The van der Waals surface area contributed by atoms with Gasteiger partial charge in [0.05, 0.1) is 12.7 Å². The molecule has 0 radical (unpaired) electrons. The molecule has 4 aromatic rings. The molecular weight excluding hydrogens is 395 g/mol. The summed E-state index contributed by atoms with van der Waals surface area (Å²) < 4.78 is 18.9. The number of hydrogen-bond acceptors (Lipinski definition) is 6. The molecule has 0 aliphatic carbocycles. The highest BCUT2D eigenvalue weighted by atomic mass is 19.1. The molecule has 0 aliphatic rings. The van der Waals surface area contributed by atoms with Gasteiger partial charge in [-0.05, 0) is 61.0 Å². The van der Waals surface area contributed by atoms with Crippen LogP contribution in [0.15, 0.2) is 77.6 Å². The quantitative estimate of drug-likeness (QED) is 0.415. The molecule has 31 heavy (non-hydrogen) atoms. The van der Waals surface area contributed by atoms with Gasteiger partial charge in [-0.1, -0.05) is 6.07 Å². The highest BCUT2D eigenvalue weighted by molar-refractivity contribution is 5.99. The summed E-state index contributed by atoms with van der Waals surface area (Å²) in [5.74, 6) is 0.186. The summed E-state index contributed by atoms with van der Waals surface area (Å²) in [6.07, 6.45) is 5.05. The molecule has 2 aromatic heterocycles. The fourth-order valence-electron chi connectivity index (χ4n) is 3.11. The summed E-state index contributed by atoms with van der Waals surface area (Å²) in [4.78, 5) is 22.7. The zero-order chi connectivity index (χ0) is 21.8. The highest BCUT2D eigenvalue weighted by Crippen LogP contribution is 2.28. The second-order valence-electron chi connectivity index (χ2n) is 7.18. The van der Waals surface area contributed by atoms with E-state index in [9.17, 15) is 9.18 Å². The van der Waals surface area contributed by atoms with Gasteiger partial charge in [0, 0.05) is 41.9 Å². The van der Waals surface area contributed by atoms with Gasteiger partial charge in [0.2, 0.25) is 0 Å². The van der Waals surface area contributed by atoms with Gasteiger partial charge in [-0.2, -0.15) is 0 Å². The van der Waals surface area contributed by atoms with Crippen LogP contribution in [0.5, 0.6) is 0 Å². The predicted molar refractivity (Wildman–Crippen MR) is 118 cm³/mol. The number of nitrogens with zero attached hydrogens (tertiary/aromatic N) is 3. The monoisotopic (exact) mass is 416 g/mol. The number of benzene rings is 2. The van der Waals surface area contributed by atoms with Gasteiger partial charge >= 0.3 is 0 Å². The molecule has 4 rings (SSSR count). The average Bonchev–Trinajstić information content (AvgIpc) is 3.25. The molecule has 0 aliphatic heterocycles. The lowest BCUT2D eigenvalue weighted by Gasteiger charge is -2.20. The fourth-order valence-corrected chi connectivity index (χ4v) is 3.11. The van der Waals surface area contributed by atoms with Gasteiger partial charge in [-0.25, -0.2) is 9.37 Å². The van der Waals surface area contributed by atoms with Crippen LogP contribution in [0.1, 0.15) is 15.9 Å². The number of nitrogens with one attached hydrogen (secondary N) is 1. The Hall–Kier alpha value is -4.00. The van der Waals surface area contributed by atoms with E-state index >= 15 is 0 Å². The van der Waals surface area contributed by atoms with Crippen LogP contribution >= 0.6 is 0 Å². The summed E-state index contributed by atoms with van der Waals surface area (Å²) in [6, 6.07) is 15.5. The van der Waals surface area contributed by atoms with Crippen LogP contribution in [0.2, 0.25) is 0 Å². The lowest BCUT2D eigenvalue weighted by atomic mass is 10.1. The highest BCUT2D eigenvalue weighted by Gasteiger charge is 2.13. The molecule has 0 saturated heterocycles. The lowest BCUT2D eigenvalue weighted by Crippen LogP contribution is -2.25. The SMILES string of the molecule is Cc1ccc(N(C)CC(=O)c2ccc(F)cc2)cc1Nc1ncc(-c2ccncc2)o1. The normalized spacial score (nSPS) is 10.7. The number of carbonyl (C=O) groups excluding carboxylic acids is 1. The Kier molecular flexibility index (Phi) is 5.75. The smallest absolute Gasteiger partial charge is 0.299 e. The van der Waals surface area contributed by atoms with E-state index in [1.54, 1.807) is 18.6 Å². The molecule has 0 saturated carbocycles. The van der Waals surface area contributed by atoms with Gasteiger partial charge in [-0.3, -0.25) is 9.78 Å². The van der Waals surface area contributed by atoms with Crippen LogP contribution in [0.25, 0.3) is 11.3 Å². The van der Waals surface area contributed by atoms with Crippen molar-refractivity contribution in [1.29, 1.82) is 0 Å². The number of hydrogen-bond donors (Lipinski definition) is 1. The van der Waals surface area contributed by atoms with Crippen molar-refractivity contribution in [1.82, 2.24) is 9.97 Å². The van der Waals surface area contributed by atoms with Crippen molar-refractivity contribution in [3.05, 3.63) is 90.1 Å². The topological polar surface area (TPSA) is 71.3 Å². The maximum absolute atomic E-state index is 13.1. The van der Waals surface area contributed by atoms with E-state index in [1.807, 2.05) is 49.2 Å². The number of anilines is 3. The standard InChI is InChI=1S/C24H21FN4O2/c1-16-3-8-20(29(2)15-22(30)17-4-6-19(25)7-5-17)13-21(16)28-24-27-14-23(31-24)18-9-11-26-12-10-18/h3-14H,15H2,1-2H3,(H,27,28). The average molecular weight is 416 g/mol. The second-order valence-corrected chi connectivity index (χ2v) is 7.18. The number of carbonyl (C=O) groups is 1. The van der Waals surface area contributed by atoms with E-state index in [1.165, 1.54) is 24.3 Å². The van der Waals surface area contributed by atoms with Gasteiger partial charge in [0.25, 0.3) is 6.01 Å². The molecule has 0 bridgehead atoms. The molecule has 2 aromatic carbocycles. The molecule has 7 heteroatoms. The van der Waals surface area contributed by atoms with Crippen LogP contribution in [-0.2, 0) is 0 Å². The van der Waals surface area contributed by atoms with Crippen molar-refractivity contribution in [3.8, 4) is 11.3 Å². The first kappa shape index (κ1) is 20.3. The van der Waals surface area contributed by atoms with Crippen molar-refractivity contribution in [2.45, 2.75) is 6.92 Å². The number of ketones is 1. The number of Topliss-reactive ketones (excluding diaryl/α,β-unsaturated/α-hetero) is 1. The van der Waals surface area contributed by atoms with Gasteiger partial charge in [0.15, 0.2) is 11.5 Å². The molecule has 0 atom stereocenters. The third-order valence-corrected chi connectivity index (χ3v) is 4.92. The first-order valence-electron chi connectivity index (χ1n) is 9.73. The van der Waals surface area contributed by atoms with Crippen LogP contribution in [0.3, 0.4) is 0 Å². The summed E-state index contributed by atoms with van der Waals surface area (Å²) in [5, 5.41) is 3.20. The number of oxazole rings is 1. The molecule has 156 valence electrons. The minimum absolute atomic E-state index is 0.0905. The van der Waals surface area contributed by atoms with Crippen LogP contribution in [-0.4, -0.2) is 29.3 Å². The fraction of sp³-hybridized carbons (Fsp3) is 0.125. The summed E-state index contributed by atoms with van der Waals surface area (Å²) in [7, 11) is 1.84. The summed E-state index contributed by atoms with van der Waals surface area (Å²) >= 11 is 0. The minimum Gasteiger partial charge on any atom is -0.423 e. The Morgan fingerprint density at radius 2 is 1.84 bits per heavy atom. The van der Waals surface area contributed by atoms with Crippen LogP contribution in [0, 0.1) is 12.7 Å². The number of halogens is 1. The number of pyridine rings is 1. The van der Waals surface area contributed by atoms with Crippen molar-refractivity contribution >= 4 is 23.2 Å². The molecule has 0 spiro atoms. The van der Waals surface area contributed by atoms with Gasteiger partial charge in [0.1, 0.15) is 5.82 Å². The van der Waals surface area contributed by atoms with E-state index in [0.717, 1.165) is 22.5 Å². The molecule has 1 N–H and O–H groups in total. The van der Waals surface area contributed by atoms with E-state index in [4.69, 9.17) is 4.42 Å². The molecule has 0 amide bonds. The number of likely N-dealkylation sites (N-methyl/N-ethyl adjacent to an activating group) is 1. The number of aryl methyl sites for hydroxylation is 1. The van der Waals surface area contributed by atoms with Gasteiger partial charge < -0.3 is 14.6 Å². The molecule has 2 heterocycles. The zero-order valence-corrected chi connectivity index (χ0v) is 17.2. The Bertz CT molecular complexity index is 1190. The molecule has 0 fully saturated rings. The van der Waals surface area contributed by atoms with E-state index < -0.39 is 0 Å². The number of aromatic nitrogens is 2. The van der Waals surface area contributed by atoms with Crippen molar-refractivity contribution in [2.75, 3.05) is 23.8 Å². The maximum Gasteiger partial charge on any atom is 0.299 e. The predicted octanol–water partition coefficient (Wildman–Crippen LogP) is 5.25. The first-order chi connectivity index (χ1) is 15.0. The third-order valence-electron chi connectivity index (χ3n) is 4.92. The maximum atomic E-state index is 13.1. The van der Waals surface area contributed by atoms with E-state index in [2.05, 4.69) is 15.3 Å². The van der Waals surface area contributed by atoms with E-state index in [-0.39, 0.29) is 18.1 Å². The Labute approximate surface area is 179 Å². The largest absolute Gasteiger partial charge is 0.423 e. The zero-order valence-electron chi connectivity index (χ0n) is 17.2. The lowest BCUT2D eigenvalue weighted by molar-refractivity contribution is 0.100. The Balaban J connectivity index is 1.48. The van der Waals surface area contributed by atoms with E-state index in [0.29, 0.717) is 17.3 Å². The first-order valence-corrected chi connectivity index (χ1v) is 9.73. The summed E-state index contributed by atoms with van der Waals surface area (Å²) in [5.41, 5.74) is 4.04. The molecule has 0 unspecified atom stereocenters. The summed E-state index contributed by atoms with van der Waals surface area (Å²) in [6.45, 7) is 2.14.